The lowest BCUT2D eigenvalue weighted by Crippen LogP contribution is -2.10. The first kappa shape index (κ1) is 7.81. The van der Waals surface area contributed by atoms with Crippen molar-refractivity contribution in [1.29, 1.82) is 0 Å². The van der Waals surface area contributed by atoms with Crippen molar-refractivity contribution in [2.24, 2.45) is 5.10 Å². The Hall–Kier alpha value is -1.29. The predicted molar refractivity (Wildman–Crippen MR) is 41.4 cm³/mol. The molecule has 1 heterocycles. The molecule has 2 N–H and O–H groups in total. The third-order valence-corrected chi connectivity index (χ3v) is 1.05. The normalized spacial score (nSPS) is 10.6. The molecule has 0 aliphatic rings. The molecule has 1 rings (SSSR count). The summed E-state index contributed by atoms with van der Waals surface area (Å²) in [7, 11) is 0. The second-order valence-electron chi connectivity index (χ2n) is 1.91. The topological polar surface area (TPSA) is 57.8 Å². The molecule has 60 valence electrons. The van der Waals surface area contributed by atoms with Crippen LogP contribution in [-0.2, 0) is 0 Å². The van der Waals surface area contributed by atoms with E-state index < -0.39 is 0 Å². The molecule has 0 fully saturated rings. The second-order valence-corrected chi connectivity index (χ2v) is 1.91. The summed E-state index contributed by atoms with van der Waals surface area (Å²) >= 11 is 0. The summed E-state index contributed by atoms with van der Waals surface area (Å²) in [5, 5.41) is 12.1. The van der Waals surface area contributed by atoms with Gasteiger partial charge in [0.2, 0.25) is 0 Å². The number of aliphatic hydroxyl groups excluding tert-OH is 1. The van der Waals surface area contributed by atoms with Gasteiger partial charge >= 0.3 is 0 Å². The molecule has 0 aromatic carbocycles. The molecule has 0 saturated heterocycles. The number of hydrazone groups is 1. The van der Waals surface area contributed by atoms with Gasteiger partial charge in [0.25, 0.3) is 0 Å². The molecular formula is C7H10N2O2. The Balaban J connectivity index is 2.25. The van der Waals surface area contributed by atoms with E-state index in [1.54, 1.807) is 24.6 Å². The fraction of sp³-hybridized carbons (Fsp3) is 0.286. The molecule has 1 aromatic rings. The average molecular weight is 154 g/mol. The van der Waals surface area contributed by atoms with Crippen LogP contribution in [0.2, 0.25) is 0 Å². The lowest BCUT2D eigenvalue weighted by Gasteiger charge is -1.91. The minimum absolute atomic E-state index is 0.0789. The smallest absolute Gasteiger partial charge is 0.146 e. The molecule has 0 unspecified atom stereocenters. The average Bonchev–Trinajstić information content (AvgIpc) is 2.50. The number of nitrogens with zero attached hydrogens (tertiary/aromatic N) is 1. The van der Waals surface area contributed by atoms with Gasteiger partial charge in [-0.3, -0.25) is 0 Å². The van der Waals surface area contributed by atoms with Crippen molar-refractivity contribution in [2.75, 3.05) is 13.2 Å². The monoisotopic (exact) mass is 154 g/mol. The van der Waals surface area contributed by atoms with Gasteiger partial charge in [-0.1, -0.05) is 0 Å². The highest BCUT2D eigenvalue weighted by Crippen LogP contribution is 1.93. The van der Waals surface area contributed by atoms with Crippen LogP contribution in [-0.4, -0.2) is 24.5 Å². The predicted octanol–water partition coefficient (Wildman–Crippen LogP) is 0.195. The first-order valence-corrected chi connectivity index (χ1v) is 3.34. The van der Waals surface area contributed by atoms with Crippen LogP contribution in [0.3, 0.4) is 0 Å². The molecule has 0 spiro atoms. The lowest BCUT2D eigenvalue weighted by molar-refractivity contribution is 0.293. The van der Waals surface area contributed by atoms with Gasteiger partial charge in [-0.25, -0.2) is 0 Å². The number of rotatable bonds is 4. The Bertz CT molecular complexity index is 206. The van der Waals surface area contributed by atoms with Gasteiger partial charge in [-0.15, -0.1) is 0 Å². The van der Waals surface area contributed by atoms with E-state index in [4.69, 9.17) is 9.52 Å². The molecule has 0 saturated carbocycles. The summed E-state index contributed by atoms with van der Waals surface area (Å²) in [5.41, 5.74) is 2.63. The fourth-order valence-corrected chi connectivity index (χ4v) is 0.589. The van der Waals surface area contributed by atoms with Crippen molar-refractivity contribution in [2.45, 2.75) is 0 Å². The molecular weight excluding hydrogens is 144 g/mol. The van der Waals surface area contributed by atoms with E-state index in [2.05, 4.69) is 10.5 Å². The van der Waals surface area contributed by atoms with Crippen molar-refractivity contribution in [3.05, 3.63) is 24.2 Å². The van der Waals surface area contributed by atoms with Crippen LogP contribution in [0.5, 0.6) is 0 Å². The highest BCUT2D eigenvalue weighted by atomic mass is 16.3. The maximum Gasteiger partial charge on any atom is 0.146 e. The number of hydrogen-bond donors (Lipinski definition) is 2. The molecule has 4 nitrogen and oxygen atoms in total. The van der Waals surface area contributed by atoms with Crippen molar-refractivity contribution in [3.8, 4) is 0 Å². The minimum atomic E-state index is 0.0789. The molecule has 0 aliphatic heterocycles. The molecule has 11 heavy (non-hydrogen) atoms. The van der Waals surface area contributed by atoms with Gasteiger partial charge in [-0.05, 0) is 12.1 Å². The first-order chi connectivity index (χ1) is 5.43. The van der Waals surface area contributed by atoms with Crippen LogP contribution in [0, 0.1) is 0 Å². The zero-order valence-electron chi connectivity index (χ0n) is 6.03. The maximum absolute atomic E-state index is 8.36. The van der Waals surface area contributed by atoms with Crippen LogP contribution >= 0.6 is 0 Å². The second kappa shape index (κ2) is 4.51. The Morgan fingerprint density at radius 1 is 1.73 bits per heavy atom. The zero-order valence-corrected chi connectivity index (χ0v) is 6.03. The Kier molecular flexibility index (Phi) is 3.21. The summed E-state index contributed by atoms with van der Waals surface area (Å²) in [5.74, 6) is 0.690. The number of nitrogens with one attached hydrogen (secondary N) is 1. The molecule has 0 radical (unpaired) electrons. The Morgan fingerprint density at radius 3 is 3.27 bits per heavy atom. The van der Waals surface area contributed by atoms with Gasteiger partial charge in [-0.2, -0.15) is 5.10 Å². The molecule has 1 aromatic heterocycles. The summed E-state index contributed by atoms with van der Waals surface area (Å²) < 4.78 is 4.96. The summed E-state index contributed by atoms with van der Waals surface area (Å²) in [6, 6.07) is 3.58. The fourth-order valence-electron chi connectivity index (χ4n) is 0.589. The Morgan fingerprint density at radius 2 is 2.64 bits per heavy atom. The summed E-state index contributed by atoms with van der Waals surface area (Å²) in [4.78, 5) is 0. The first-order valence-electron chi connectivity index (χ1n) is 3.34. The van der Waals surface area contributed by atoms with Crippen molar-refractivity contribution in [1.82, 2.24) is 5.43 Å². The quantitative estimate of drug-likeness (QED) is 0.370. The van der Waals surface area contributed by atoms with Crippen LogP contribution < -0.4 is 5.43 Å². The van der Waals surface area contributed by atoms with Crippen LogP contribution in [0.15, 0.2) is 27.9 Å². The molecule has 0 amide bonds. The van der Waals surface area contributed by atoms with Crippen molar-refractivity contribution < 1.29 is 9.52 Å². The van der Waals surface area contributed by atoms with E-state index in [1.807, 2.05) is 0 Å². The van der Waals surface area contributed by atoms with E-state index in [0.29, 0.717) is 12.3 Å². The third kappa shape index (κ3) is 2.86. The van der Waals surface area contributed by atoms with Gasteiger partial charge in [0, 0.05) is 0 Å². The van der Waals surface area contributed by atoms with Gasteiger partial charge < -0.3 is 14.9 Å². The number of aliphatic hydroxyl groups is 1. The molecule has 0 bridgehead atoms. The third-order valence-electron chi connectivity index (χ3n) is 1.05. The van der Waals surface area contributed by atoms with E-state index >= 15 is 0 Å². The molecule has 0 aliphatic carbocycles. The van der Waals surface area contributed by atoms with Crippen molar-refractivity contribution >= 4 is 6.21 Å². The van der Waals surface area contributed by atoms with Gasteiger partial charge in [0.1, 0.15) is 5.76 Å². The summed E-state index contributed by atoms with van der Waals surface area (Å²) in [6.45, 7) is 0.534. The Labute approximate surface area is 64.5 Å². The van der Waals surface area contributed by atoms with Crippen LogP contribution in [0.25, 0.3) is 0 Å². The minimum Gasteiger partial charge on any atom is -0.463 e. The van der Waals surface area contributed by atoms with Crippen molar-refractivity contribution in [3.63, 3.8) is 0 Å². The SMILES string of the molecule is OCCN/N=C\c1ccco1. The number of hydrogen-bond acceptors (Lipinski definition) is 4. The van der Waals surface area contributed by atoms with Crippen LogP contribution in [0.1, 0.15) is 5.76 Å². The largest absolute Gasteiger partial charge is 0.463 e. The number of furan rings is 1. The van der Waals surface area contributed by atoms with E-state index in [0.717, 1.165) is 0 Å². The van der Waals surface area contributed by atoms with E-state index in [1.165, 1.54) is 0 Å². The van der Waals surface area contributed by atoms with Gasteiger partial charge in [0.05, 0.1) is 25.6 Å². The standard InChI is InChI=1S/C7H10N2O2/c10-4-3-8-9-6-7-2-1-5-11-7/h1-2,5-6,8,10H,3-4H2/b9-6-. The molecule has 0 atom stereocenters. The van der Waals surface area contributed by atoms with E-state index in [-0.39, 0.29) is 6.61 Å². The van der Waals surface area contributed by atoms with Crippen LogP contribution in [0.4, 0.5) is 0 Å². The lowest BCUT2D eigenvalue weighted by atomic mass is 10.5. The van der Waals surface area contributed by atoms with E-state index in [9.17, 15) is 0 Å². The molecule has 4 heteroatoms. The zero-order chi connectivity index (χ0) is 7.94. The maximum atomic E-state index is 8.36. The van der Waals surface area contributed by atoms with Gasteiger partial charge in [0.15, 0.2) is 0 Å². The highest BCUT2D eigenvalue weighted by molar-refractivity contribution is 5.75. The highest BCUT2D eigenvalue weighted by Gasteiger charge is 1.85. The summed E-state index contributed by atoms with van der Waals surface area (Å²) in [6.07, 6.45) is 3.13.